The zero-order valence-corrected chi connectivity index (χ0v) is 23.9. The van der Waals surface area contributed by atoms with Gasteiger partial charge in [0.05, 0.1) is 19.1 Å². The number of nitrogens with zero attached hydrogens (tertiary/aromatic N) is 2. The van der Waals surface area contributed by atoms with Crippen LogP contribution in [0.4, 0.5) is 5.69 Å². The molecule has 1 aliphatic carbocycles. The van der Waals surface area contributed by atoms with Crippen molar-refractivity contribution in [2.75, 3.05) is 24.2 Å². The highest BCUT2D eigenvalue weighted by molar-refractivity contribution is 7.92. The van der Waals surface area contributed by atoms with Crippen LogP contribution in [0.2, 0.25) is 5.02 Å². The Morgan fingerprint density at radius 3 is 2.37 bits per heavy atom. The van der Waals surface area contributed by atoms with Crippen molar-refractivity contribution in [3.8, 4) is 5.75 Å². The van der Waals surface area contributed by atoms with Crippen molar-refractivity contribution in [2.24, 2.45) is 0 Å². The van der Waals surface area contributed by atoms with Crippen molar-refractivity contribution >= 4 is 39.1 Å². The molecule has 1 N–H and O–H groups in total. The first kappa shape index (κ1) is 29.8. The van der Waals surface area contributed by atoms with Crippen LogP contribution in [0.15, 0.2) is 48.5 Å². The van der Waals surface area contributed by atoms with Crippen LogP contribution in [-0.4, -0.2) is 57.1 Å². The molecule has 208 valence electrons. The summed E-state index contributed by atoms with van der Waals surface area (Å²) in [4.78, 5) is 28.2. The van der Waals surface area contributed by atoms with Gasteiger partial charge in [0.1, 0.15) is 11.8 Å². The number of amides is 2. The van der Waals surface area contributed by atoms with Crippen molar-refractivity contribution in [2.45, 2.75) is 70.5 Å². The number of carbonyl (C=O) groups excluding carboxylic acids is 2. The van der Waals surface area contributed by atoms with Crippen LogP contribution in [0, 0.1) is 0 Å². The minimum absolute atomic E-state index is 0.0792. The molecule has 1 aliphatic rings. The van der Waals surface area contributed by atoms with E-state index in [2.05, 4.69) is 5.32 Å². The summed E-state index contributed by atoms with van der Waals surface area (Å²) in [5.41, 5.74) is 1.27. The van der Waals surface area contributed by atoms with E-state index in [9.17, 15) is 18.0 Å². The second-order valence-electron chi connectivity index (χ2n) is 9.78. The average Bonchev–Trinajstić information content (AvgIpc) is 2.90. The summed E-state index contributed by atoms with van der Waals surface area (Å²) in [5, 5.41) is 3.71. The molecule has 2 aromatic carbocycles. The Kier molecular flexibility index (Phi) is 10.8. The summed E-state index contributed by atoms with van der Waals surface area (Å²) in [7, 11) is -2.13. The maximum absolute atomic E-state index is 13.5. The first-order valence-corrected chi connectivity index (χ1v) is 15.3. The Balaban J connectivity index is 1.73. The van der Waals surface area contributed by atoms with Crippen molar-refractivity contribution in [1.29, 1.82) is 0 Å². The Bertz CT molecular complexity index is 1180. The highest BCUT2D eigenvalue weighted by Crippen LogP contribution is 2.30. The fraction of sp³-hybridized carbons (Fsp3) is 0.500. The van der Waals surface area contributed by atoms with Gasteiger partial charge in [0.2, 0.25) is 21.8 Å². The maximum Gasteiger partial charge on any atom is 0.242 e. The summed E-state index contributed by atoms with van der Waals surface area (Å²) in [6.07, 6.45) is 6.76. The van der Waals surface area contributed by atoms with Gasteiger partial charge in [-0.05, 0) is 56.0 Å². The Morgan fingerprint density at radius 1 is 1.08 bits per heavy atom. The molecule has 3 rings (SSSR count). The SMILES string of the molecule is COc1ccccc1N(CCCC(=O)N(Cc1ccc(Cl)cc1)[C@H](C)C(=O)NC1CCCCC1)S(C)(=O)=O. The van der Waals surface area contributed by atoms with E-state index in [0.29, 0.717) is 16.5 Å². The van der Waals surface area contributed by atoms with Gasteiger partial charge in [-0.1, -0.05) is 55.1 Å². The number of ether oxygens (including phenoxy) is 1. The predicted octanol–water partition coefficient (Wildman–Crippen LogP) is 4.76. The van der Waals surface area contributed by atoms with Gasteiger partial charge in [-0.2, -0.15) is 0 Å². The number of hydrogen-bond acceptors (Lipinski definition) is 5. The molecule has 0 heterocycles. The minimum Gasteiger partial charge on any atom is -0.495 e. The number of sulfonamides is 1. The number of halogens is 1. The Hall–Kier alpha value is -2.78. The lowest BCUT2D eigenvalue weighted by Gasteiger charge is -2.31. The van der Waals surface area contributed by atoms with Gasteiger partial charge in [0.15, 0.2) is 0 Å². The van der Waals surface area contributed by atoms with E-state index >= 15 is 0 Å². The van der Waals surface area contributed by atoms with Crippen LogP contribution < -0.4 is 14.4 Å². The molecule has 0 saturated heterocycles. The lowest BCUT2D eigenvalue weighted by Crippen LogP contribution is -2.50. The molecule has 0 unspecified atom stereocenters. The number of hydrogen-bond donors (Lipinski definition) is 1. The van der Waals surface area contributed by atoms with Gasteiger partial charge in [-0.25, -0.2) is 8.42 Å². The summed E-state index contributed by atoms with van der Waals surface area (Å²) in [6.45, 7) is 2.09. The smallest absolute Gasteiger partial charge is 0.242 e. The summed E-state index contributed by atoms with van der Waals surface area (Å²) >= 11 is 6.03. The number of nitrogens with one attached hydrogen (secondary N) is 1. The first-order chi connectivity index (χ1) is 18.1. The standard InChI is InChI=1S/C28H38ClN3O5S/c1-21(28(34)30-24-10-5-4-6-11-24)31(20-22-15-17-23(29)18-16-22)27(33)14-9-19-32(38(3,35)36)25-12-7-8-13-26(25)37-2/h7-8,12-13,15-18,21,24H,4-6,9-11,14,19-20H2,1-3H3,(H,30,34)/t21-/m1/s1. The lowest BCUT2D eigenvalue weighted by atomic mass is 9.95. The molecular formula is C28H38ClN3O5S. The summed E-state index contributed by atoms with van der Waals surface area (Å²) in [5.74, 6) is 0.0346. The van der Waals surface area contributed by atoms with Crippen molar-refractivity contribution in [3.05, 3.63) is 59.1 Å². The van der Waals surface area contributed by atoms with Crippen LogP contribution in [-0.2, 0) is 26.2 Å². The number of carbonyl (C=O) groups is 2. The second-order valence-corrected chi connectivity index (χ2v) is 12.1. The molecule has 0 radical (unpaired) electrons. The zero-order chi connectivity index (χ0) is 27.7. The molecule has 0 bridgehead atoms. The molecule has 1 atom stereocenters. The average molecular weight is 564 g/mol. The molecular weight excluding hydrogens is 526 g/mol. The van der Waals surface area contributed by atoms with Crippen molar-refractivity contribution < 1.29 is 22.7 Å². The van der Waals surface area contributed by atoms with Gasteiger partial charge in [0, 0.05) is 30.6 Å². The second kappa shape index (κ2) is 13.8. The molecule has 1 fully saturated rings. The van der Waals surface area contributed by atoms with Crippen LogP contribution in [0.1, 0.15) is 57.4 Å². The van der Waals surface area contributed by atoms with Crippen LogP contribution >= 0.6 is 11.6 Å². The Labute approximate surface area is 231 Å². The predicted molar refractivity (Wildman–Crippen MR) is 151 cm³/mol. The van der Waals surface area contributed by atoms with E-state index in [1.54, 1.807) is 48.2 Å². The molecule has 0 spiro atoms. The topological polar surface area (TPSA) is 96.0 Å². The highest BCUT2D eigenvalue weighted by Gasteiger charge is 2.28. The van der Waals surface area contributed by atoms with E-state index in [1.807, 2.05) is 12.1 Å². The molecule has 8 nitrogen and oxygen atoms in total. The number of anilines is 1. The molecule has 1 saturated carbocycles. The number of benzene rings is 2. The van der Waals surface area contributed by atoms with E-state index in [-0.39, 0.29) is 43.8 Å². The van der Waals surface area contributed by atoms with Crippen LogP contribution in [0.5, 0.6) is 5.75 Å². The van der Waals surface area contributed by atoms with E-state index in [1.165, 1.54) is 17.8 Å². The van der Waals surface area contributed by atoms with E-state index in [0.717, 1.165) is 37.5 Å². The largest absolute Gasteiger partial charge is 0.495 e. The van der Waals surface area contributed by atoms with Crippen LogP contribution in [0.25, 0.3) is 0 Å². The van der Waals surface area contributed by atoms with Crippen molar-refractivity contribution in [1.82, 2.24) is 10.2 Å². The van der Waals surface area contributed by atoms with Gasteiger partial charge < -0.3 is 15.0 Å². The zero-order valence-electron chi connectivity index (χ0n) is 22.4. The van der Waals surface area contributed by atoms with E-state index < -0.39 is 16.1 Å². The summed E-state index contributed by atoms with van der Waals surface area (Å²) < 4.78 is 31.8. The normalized spacial score (nSPS) is 14.9. The molecule has 0 aliphatic heterocycles. The molecule has 10 heteroatoms. The number of rotatable bonds is 12. The van der Waals surface area contributed by atoms with Crippen LogP contribution in [0.3, 0.4) is 0 Å². The molecule has 2 aromatic rings. The van der Waals surface area contributed by atoms with Gasteiger partial charge in [0.25, 0.3) is 0 Å². The number of para-hydroxylation sites is 2. The third-order valence-electron chi connectivity index (χ3n) is 6.89. The monoisotopic (exact) mass is 563 g/mol. The highest BCUT2D eigenvalue weighted by atomic mass is 35.5. The fourth-order valence-corrected chi connectivity index (χ4v) is 5.85. The first-order valence-electron chi connectivity index (χ1n) is 13.0. The molecule has 38 heavy (non-hydrogen) atoms. The molecule has 0 aromatic heterocycles. The summed E-state index contributed by atoms with van der Waals surface area (Å²) in [6, 6.07) is 13.5. The number of methoxy groups -OCH3 is 1. The Morgan fingerprint density at radius 2 is 1.74 bits per heavy atom. The lowest BCUT2D eigenvalue weighted by molar-refractivity contribution is -0.141. The quantitative estimate of drug-likeness (QED) is 0.401. The van der Waals surface area contributed by atoms with Gasteiger partial charge in [-0.3, -0.25) is 13.9 Å². The van der Waals surface area contributed by atoms with E-state index in [4.69, 9.17) is 16.3 Å². The van der Waals surface area contributed by atoms with Crippen molar-refractivity contribution in [3.63, 3.8) is 0 Å². The fourth-order valence-electron chi connectivity index (χ4n) is 4.76. The third-order valence-corrected chi connectivity index (χ3v) is 8.32. The maximum atomic E-state index is 13.5. The third kappa shape index (κ3) is 8.36. The van der Waals surface area contributed by atoms with Gasteiger partial charge in [-0.15, -0.1) is 0 Å². The molecule has 2 amide bonds. The van der Waals surface area contributed by atoms with Gasteiger partial charge >= 0.3 is 0 Å². The minimum atomic E-state index is -3.62.